The Kier molecular flexibility index (Phi) is 5.13. The monoisotopic (exact) mass is 313 g/mol. The molecule has 0 atom stereocenters. The van der Waals surface area contributed by atoms with Crippen molar-refractivity contribution in [2.75, 3.05) is 11.5 Å². The molecule has 0 fully saturated rings. The molecule has 0 unspecified atom stereocenters. The first-order valence-electron chi connectivity index (χ1n) is 5.71. The van der Waals surface area contributed by atoms with Crippen LogP contribution in [0, 0.1) is 0 Å². The first kappa shape index (κ1) is 16.8. The summed E-state index contributed by atoms with van der Waals surface area (Å²) in [5.74, 6) is 0.220. The maximum absolute atomic E-state index is 9.56. The molecule has 0 amide bonds. The quantitative estimate of drug-likeness (QED) is 0.537. The predicted molar refractivity (Wildman–Crippen MR) is 79.3 cm³/mol. The molecule has 0 aliphatic rings. The van der Waals surface area contributed by atoms with Gasteiger partial charge >= 0.3 is 0 Å². The van der Waals surface area contributed by atoms with Gasteiger partial charge in [0.2, 0.25) is 0 Å². The Labute approximate surface area is 120 Å². The van der Waals surface area contributed by atoms with E-state index in [1.165, 1.54) is 13.3 Å². The number of pyridine rings is 2. The molecule has 6 N–H and O–H groups in total. The second kappa shape index (κ2) is 6.43. The van der Waals surface area contributed by atoms with Crippen molar-refractivity contribution in [2.24, 2.45) is 0 Å². The third kappa shape index (κ3) is 3.84. The van der Waals surface area contributed by atoms with Crippen molar-refractivity contribution in [3.8, 4) is 0 Å². The lowest BCUT2D eigenvalue weighted by molar-refractivity contribution is 0.484. The van der Waals surface area contributed by atoms with Gasteiger partial charge in [-0.1, -0.05) is 0 Å². The number of hydrogen-bond donors (Lipinski definition) is 3. The second-order valence-electron chi connectivity index (χ2n) is 3.87. The van der Waals surface area contributed by atoms with E-state index < -0.39 is 10.1 Å². The van der Waals surface area contributed by atoms with Crippen LogP contribution < -0.4 is 5.73 Å². The molecule has 9 nitrogen and oxygen atoms in total. The summed E-state index contributed by atoms with van der Waals surface area (Å²) in [6, 6.07) is 3.76. The number of H-pyrrole nitrogens is 1. The Morgan fingerprint density at radius 2 is 1.95 bits per heavy atom. The van der Waals surface area contributed by atoms with Crippen molar-refractivity contribution in [3.05, 3.63) is 24.7 Å². The Bertz CT molecular complexity index is 846. The SMILES string of the molecule is CCS(=O)(=O)O.Nc1nc2ccc[nH]c2c2ncnc12.O. The van der Waals surface area contributed by atoms with E-state index in [4.69, 9.17) is 10.3 Å². The summed E-state index contributed by atoms with van der Waals surface area (Å²) in [4.78, 5) is 15.5. The van der Waals surface area contributed by atoms with E-state index in [1.54, 1.807) is 0 Å². The van der Waals surface area contributed by atoms with Crippen LogP contribution in [-0.2, 0) is 10.1 Å². The van der Waals surface area contributed by atoms with Crippen molar-refractivity contribution in [2.45, 2.75) is 6.92 Å². The molecular weight excluding hydrogens is 298 g/mol. The van der Waals surface area contributed by atoms with Crippen molar-refractivity contribution in [3.63, 3.8) is 0 Å². The number of aromatic nitrogens is 4. The molecule has 0 bridgehead atoms. The average molecular weight is 313 g/mol. The zero-order valence-electron chi connectivity index (χ0n) is 11.1. The number of nitrogens with zero attached hydrogens (tertiary/aromatic N) is 3. The Hall–Kier alpha value is -2.30. The summed E-state index contributed by atoms with van der Waals surface area (Å²) in [7, 11) is -3.66. The fourth-order valence-corrected chi connectivity index (χ4v) is 1.53. The molecule has 0 radical (unpaired) electrons. The van der Waals surface area contributed by atoms with Crippen LogP contribution >= 0.6 is 0 Å². The molecule has 0 aliphatic heterocycles. The van der Waals surface area contributed by atoms with Gasteiger partial charge in [0.05, 0.1) is 16.8 Å². The van der Waals surface area contributed by atoms with E-state index >= 15 is 0 Å². The van der Waals surface area contributed by atoms with Crippen LogP contribution in [0.5, 0.6) is 0 Å². The number of aromatic amines is 1. The number of hydrogen-bond acceptors (Lipinski definition) is 6. The number of nitrogen functional groups attached to an aromatic ring is 1. The third-order valence-electron chi connectivity index (χ3n) is 2.52. The molecule has 3 aromatic rings. The van der Waals surface area contributed by atoms with Gasteiger partial charge in [0.1, 0.15) is 17.4 Å². The molecule has 114 valence electrons. The van der Waals surface area contributed by atoms with Crippen LogP contribution in [0.15, 0.2) is 24.7 Å². The standard InChI is InChI=1S/C9H7N5.C2H6O3S.H2O/c10-9-8-7(12-4-13-8)6-5(14-9)2-1-3-11-6;1-2-6(3,4)5;/h1-4,11H,(H2,10,14);2H2,1H3,(H,3,4,5);1H2. The zero-order valence-corrected chi connectivity index (χ0v) is 11.9. The fraction of sp³-hybridized carbons (Fsp3) is 0.182. The molecule has 10 heteroatoms. The number of anilines is 1. The van der Waals surface area contributed by atoms with Gasteiger partial charge in [0.25, 0.3) is 10.1 Å². The minimum absolute atomic E-state index is 0. The topological polar surface area (TPSA) is 166 Å². The Balaban J connectivity index is 0.000000275. The number of rotatable bonds is 1. The van der Waals surface area contributed by atoms with Gasteiger partial charge in [-0.2, -0.15) is 8.42 Å². The highest BCUT2D eigenvalue weighted by Crippen LogP contribution is 2.22. The Morgan fingerprint density at radius 3 is 2.57 bits per heavy atom. The summed E-state index contributed by atoms with van der Waals surface area (Å²) in [6.07, 6.45) is 3.32. The molecule has 21 heavy (non-hydrogen) atoms. The molecular formula is C11H15N5O4S. The van der Waals surface area contributed by atoms with Crippen LogP contribution in [0.25, 0.3) is 22.1 Å². The fourth-order valence-electron chi connectivity index (χ4n) is 1.53. The maximum Gasteiger partial charge on any atom is 0.264 e. The number of imidazole rings is 1. The molecule has 0 spiro atoms. The highest BCUT2D eigenvalue weighted by atomic mass is 32.2. The molecule has 0 aromatic carbocycles. The summed E-state index contributed by atoms with van der Waals surface area (Å²) in [6.45, 7) is 1.37. The first-order valence-corrected chi connectivity index (χ1v) is 7.31. The number of fused-ring (bicyclic) bond motifs is 3. The molecule has 0 saturated heterocycles. The van der Waals surface area contributed by atoms with Gasteiger partial charge in [-0.3, -0.25) is 4.55 Å². The molecule has 3 rings (SSSR count). The maximum atomic E-state index is 9.56. The van der Waals surface area contributed by atoms with Gasteiger partial charge in [-0.25, -0.2) is 15.0 Å². The van der Waals surface area contributed by atoms with Crippen LogP contribution in [0.3, 0.4) is 0 Å². The van der Waals surface area contributed by atoms with Crippen LogP contribution in [0.2, 0.25) is 0 Å². The summed E-state index contributed by atoms with van der Waals surface area (Å²) in [5.41, 5.74) is 8.84. The van der Waals surface area contributed by atoms with E-state index in [-0.39, 0.29) is 11.2 Å². The molecule has 0 saturated carbocycles. The van der Waals surface area contributed by atoms with Crippen molar-refractivity contribution in [1.82, 2.24) is 19.9 Å². The lowest BCUT2D eigenvalue weighted by atomic mass is 10.3. The van der Waals surface area contributed by atoms with Crippen LogP contribution in [-0.4, -0.2) is 44.1 Å². The molecule has 0 aliphatic carbocycles. The zero-order chi connectivity index (χ0) is 14.8. The van der Waals surface area contributed by atoms with Crippen molar-refractivity contribution in [1.29, 1.82) is 0 Å². The minimum atomic E-state index is -3.66. The number of nitrogens with two attached hydrogens (primary N) is 1. The van der Waals surface area contributed by atoms with Gasteiger partial charge in [-0.15, -0.1) is 0 Å². The highest BCUT2D eigenvalue weighted by molar-refractivity contribution is 7.85. The Morgan fingerprint density at radius 1 is 1.33 bits per heavy atom. The molecule has 3 heterocycles. The van der Waals surface area contributed by atoms with Gasteiger partial charge in [0.15, 0.2) is 5.82 Å². The summed E-state index contributed by atoms with van der Waals surface area (Å²) in [5, 5.41) is 0. The van der Waals surface area contributed by atoms with E-state index in [0.29, 0.717) is 11.3 Å². The first-order chi connectivity index (χ1) is 9.42. The van der Waals surface area contributed by atoms with Crippen molar-refractivity contribution >= 4 is 38.0 Å². The van der Waals surface area contributed by atoms with Crippen molar-refractivity contribution < 1.29 is 18.4 Å². The molecule has 3 aromatic heterocycles. The number of nitrogens with one attached hydrogen (secondary N) is 1. The predicted octanol–water partition coefficient (Wildman–Crippen LogP) is 0.158. The third-order valence-corrected chi connectivity index (χ3v) is 3.25. The lowest BCUT2D eigenvalue weighted by Gasteiger charge is -1.99. The normalized spacial score (nSPS) is 10.8. The van der Waals surface area contributed by atoms with E-state index in [0.717, 1.165) is 16.6 Å². The smallest absolute Gasteiger partial charge is 0.264 e. The second-order valence-corrected chi connectivity index (χ2v) is 5.61. The summed E-state index contributed by atoms with van der Waals surface area (Å²) < 4.78 is 26.9. The summed E-state index contributed by atoms with van der Waals surface area (Å²) >= 11 is 0. The minimum Gasteiger partial charge on any atom is -0.412 e. The average Bonchev–Trinajstić information content (AvgIpc) is 2.89. The lowest BCUT2D eigenvalue weighted by Crippen LogP contribution is -1.97. The highest BCUT2D eigenvalue weighted by Gasteiger charge is 2.08. The van der Waals surface area contributed by atoms with Gasteiger partial charge in [-0.05, 0) is 19.1 Å². The van der Waals surface area contributed by atoms with Gasteiger partial charge in [0, 0.05) is 6.20 Å². The largest absolute Gasteiger partial charge is 0.412 e. The van der Waals surface area contributed by atoms with E-state index in [9.17, 15) is 8.42 Å². The van der Waals surface area contributed by atoms with E-state index in [2.05, 4.69) is 19.9 Å². The van der Waals surface area contributed by atoms with Crippen LogP contribution in [0.1, 0.15) is 6.92 Å². The van der Waals surface area contributed by atoms with Crippen LogP contribution in [0.4, 0.5) is 5.82 Å². The van der Waals surface area contributed by atoms with E-state index in [1.807, 2.05) is 18.3 Å². The van der Waals surface area contributed by atoms with Gasteiger partial charge < -0.3 is 16.2 Å².